The lowest BCUT2D eigenvalue weighted by atomic mass is 10.0. The molecule has 0 radical (unpaired) electrons. The number of aryl methyl sites for hydroxylation is 2. The molecule has 4 aromatic rings. The van der Waals surface area contributed by atoms with Crippen LogP contribution in [0.5, 0.6) is 0 Å². The minimum absolute atomic E-state index is 1.10. The Labute approximate surface area is 127 Å². The highest BCUT2D eigenvalue weighted by molar-refractivity contribution is 7.19. The van der Waals surface area contributed by atoms with Crippen molar-refractivity contribution in [2.75, 3.05) is 0 Å². The second kappa shape index (κ2) is 4.68. The van der Waals surface area contributed by atoms with Gasteiger partial charge in [-0.15, -0.1) is 11.3 Å². The van der Waals surface area contributed by atoms with Crippen molar-refractivity contribution < 1.29 is 0 Å². The fraction of sp³-hybridized carbons (Fsp3) is 0.105. The molecule has 0 atom stereocenters. The van der Waals surface area contributed by atoms with E-state index in [1.54, 1.807) is 0 Å². The molecule has 0 N–H and O–H groups in total. The molecular weight excluding hydrogens is 274 g/mol. The average molecular weight is 289 g/mol. The zero-order valence-electron chi connectivity index (χ0n) is 12.1. The van der Waals surface area contributed by atoms with Crippen molar-refractivity contribution in [3.05, 3.63) is 65.2 Å². The minimum Gasteiger partial charge on any atom is -0.255 e. The lowest BCUT2D eigenvalue weighted by molar-refractivity contribution is 1.36. The van der Waals surface area contributed by atoms with Crippen LogP contribution in [0, 0.1) is 13.8 Å². The van der Waals surface area contributed by atoms with Crippen LogP contribution in [0.4, 0.5) is 0 Å². The second-order valence-electron chi connectivity index (χ2n) is 5.38. The van der Waals surface area contributed by atoms with E-state index in [0.29, 0.717) is 0 Å². The van der Waals surface area contributed by atoms with E-state index in [9.17, 15) is 0 Å². The second-order valence-corrected chi connectivity index (χ2v) is 6.61. The zero-order chi connectivity index (χ0) is 14.4. The number of rotatable bonds is 1. The average Bonchev–Trinajstić information content (AvgIpc) is 2.82. The first-order chi connectivity index (χ1) is 10.2. The van der Waals surface area contributed by atoms with Crippen LogP contribution < -0.4 is 0 Å². The fourth-order valence-corrected chi connectivity index (χ4v) is 3.98. The number of benzene rings is 2. The Bertz CT molecular complexity index is 966. The summed E-state index contributed by atoms with van der Waals surface area (Å²) in [5, 5.41) is 3.86. The molecule has 0 amide bonds. The summed E-state index contributed by atoms with van der Waals surface area (Å²) in [6, 6.07) is 17.2. The summed E-state index contributed by atoms with van der Waals surface area (Å²) in [6.07, 6.45) is 1.92. The van der Waals surface area contributed by atoms with Crippen LogP contribution in [0.2, 0.25) is 0 Å². The Kier molecular flexibility index (Phi) is 2.79. The SMILES string of the molecule is Cc1sc2c(-c3ccc4ccccc4c3)nccc2c1C. The van der Waals surface area contributed by atoms with Gasteiger partial charge in [-0.05, 0) is 47.7 Å². The van der Waals surface area contributed by atoms with Crippen molar-refractivity contribution in [3.63, 3.8) is 0 Å². The first kappa shape index (κ1) is 12.5. The van der Waals surface area contributed by atoms with E-state index in [1.165, 1.54) is 36.9 Å². The van der Waals surface area contributed by atoms with Gasteiger partial charge in [0.2, 0.25) is 0 Å². The van der Waals surface area contributed by atoms with Crippen molar-refractivity contribution >= 4 is 32.2 Å². The lowest BCUT2D eigenvalue weighted by Crippen LogP contribution is -1.84. The third kappa shape index (κ3) is 1.95. The minimum atomic E-state index is 1.10. The molecule has 4 rings (SSSR count). The van der Waals surface area contributed by atoms with Gasteiger partial charge in [-0.3, -0.25) is 4.98 Å². The molecule has 2 heterocycles. The van der Waals surface area contributed by atoms with Gasteiger partial charge in [0.15, 0.2) is 0 Å². The van der Waals surface area contributed by atoms with E-state index in [0.717, 1.165) is 5.69 Å². The normalized spacial score (nSPS) is 11.3. The van der Waals surface area contributed by atoms with Gasteiger partial charge in [0.05, 0.1) is 10.4 Å². The van der Waals surface area contributed by atoms with E-state index in [4.69, 9.17) is 0 Å². The highest BCUT2D eigenvalue weighted by Gasteiger charge is 2.11. The quantitative estimate of drug-likeness (QED) is 0.436. The van der Waals surface area contributed by atoms with Crippen LogP contribution in [0.25, 0.3) is 32.1 Å². The largest absolute Gasteiger partial charge is 0.255 e. The molecule has 0 aliphatic rings. The van der Waals surface area contributed by atoms with Gasteiger partial charge < -0.3 is 0 Å². The van der Waals surface area contributed by atoms with Crippen molar-refractivity contribution in [1.29, 1.82) is 0 Å². The maximum Gasteiger partial charge on any atom is 0.0880 e. The van der Waals surface area contributed by atoms with Gasteiger partial charge in [-0.1, -0.05) is 36.4 Å². The predicted octanol–water partition coefficient (Wildman–Crippen LogP) is 5.73. The van der Waals surface area contributed by atoms with Gasteiger partial charge in [0.25, 0.3) is 0 Å². The van der Waals surface area contributed by atoms with Gasteiger partial charge in [-0.25, -0.2) is 0 Å². The summed E-state index contributed by atoms with van der Waals surface area (Å²) < 4.78 is 1.29. The first-order valence-electron chi connectivity index (χ1n) is 7.08. The smallest absolute Gasteiger partial charge is 0.0880 e. The van der Waals surface area contributed by atoms with Gasteiger partial charge in [0, 0.05) is 16.6 Å². The predicted molar refractivity (Wildman–Crippen MR) is 92.0 cm³/mol. The molecule has 21 heavy (non-hydrogen) atoms. The number of fused-ring (bicyclic) bond motifs is 2. The topological polar surface area (TPSA) is 12.9 Å². The molecule has 102 valence electrons. The Morgan fingerprint density at radius 1 is 0.905 bits per heavy atom. The number of hydrogen-bond acceptors (Lipinski definition) is 2. The van der Waals surface area contributed by atoms with E-state index in [2.05, 4.69) is 67.4 Å². The monoisotopic (exact) mass is 289 g/mol. The van der Waals surface area contributed by atoms with E-state index in [-0.39, 0.29) is 0 Å². The number of nitrogens with zero attached hydrogens (tertiary/aromatic N) is 1. The molecule has 0 saturated heterocycles. The summed E-state index contributed by atoms with van der Waals surface area (Å²) in [6.45, 7) is 4.38. The third-order valence-corrected chi connectivity index (χ3v) is 5.34. The van der Waals surface area contributed by atoms with Crippen molar-refractivity contribution in [1.82, 2.24) is 4.98 Å². The standard InChI is InChI=1S/C19H15NS/c1-12-13(2)21-19-17(12)9-10-20-18(19)16-8-7-14-5-3-4-6-15(14)11-16/h3-11H,1-2H3. The molecule has 2 aromatic carbocycles. The van der Waals surface area contributed by atoms with Crippen LogP contribution in [-0.4, -0.2) is 4.98 Å². The van der Waals surface area contributed by atoms with Gasteiger partial charge >= 0.3 is 0 Å². The third-order valence-electron chi connectivity index (χ3n) is 4.11. The number of pyridine rings is 1. The van der Waals surface area contributed by atoms with Crippen LogP contribution in [0.3, 0.4) is 0 Å². The number of hydrogen-bond donors (Lipinski definition) is 0. The van der Waals surface area contributed by atoms with Crippen molar-refractivity contribution in [2.45, 2.75) is 13.8 Å². The summed E-state index contributed by atoms with van der Waals surface area (Å²) in [4.78, 5) is 6.02. The fourth-order valence-electron chi connectivity index (χ4n) is 2.81. The summed E-state index contributed by atoms with van der Waals surface area (Å²) in [7, 11) is 0. The number of thiophene rings is 1. The Morgan fingerprint density at radius 2 is 1.71 bits per heavy atom. The summed E-state index contributed by atoms with van der Waals surface area (Å²) in [5.41, 5.74) is 3.67. The molecule has 0 aliphatic heterocycles. The molecule has 0 fully saturated rings. The molecule has 0 unspecified atom stereocenters. The molecule has 0 spiro atoms. The Hall–Kier alpha value is -2.19. The first-order valence-corrected chi connectivity index (χ1v) is 7.89. The van der Waals surface area contributed by atoms with E-state index >= 15 is 0 Å². The summed E-state index contributed by atoms with van der Waals surface area (Å²) in [5.74, 6) is 0. The highest BCUT2D eigenvalue weighted by Crippen LogP contribution is 2.36. The Balaban J connectivity index is 2.01. The summed E-state index contributed by atoms with van der Waals surface area (Å²) >= 11 is 1.84. The number of aromatic nitrogens is 1. The maximum absolute atomic E-state index is 4.65. The lowest BCUT2D eigenvalue weighted by Gasteiger charge is -2.05. The molecule has 0 aliphatic carbocycles. The van der Waals surface area contributed by atoms with Crippen molar-refractivity contribution in [3.8, 4) is 11.3 Å². The van der Waals surface area contributed by atoms with Crippen LogP contribution in [-0.2, 0) is 0 Å². The zero-order valence-corrected chi connectivity index (χ0v) is 12.9. The van der Waals surface area contributed by atoms with E-state index in [1.807, 2.05) is 17.5 Å². The van der Waals surface area contributed by atoms with Crippen LogP contribution >= 0.6 is 11.3 Å². The molecule has 0 bridgehead atoms. The van der Waals surface area contributed by atoms with E-state index < -0.39 is 0 Å². The molecular formula is C19H15NS. The highest BCUT2D eigenvalue weighted by atomic mass is 32.1. The van der Waals surface area contributed by atoms with Gasteiger partial charge in [0.1, 0.15) is 0 Å². The van der Waals surface area contributed by atoms with Crippen LogP contribution in [0.15, 0.2) is 54.7 Å². The van der Waals surface area contributed by atoms with Crippen molar-refractivity contribution in [2.24, 2.45) is 0 Å². The molecule has 0 saturated carbocycles. The molecule has 2 heteroatoms. The molecule has 1 nitrogen and oxygen atoms in total. The Morgan fingerprint density at radius 3 is 2.57 bits per heavy atom. The van der Waals surface area contributed by atoms with Crippen LogP contribution in [0.1, 0.15) is 10.4 Å². The maximum atomic E-state index is 4.65. The molecule has 2 aromatic heterocycles. The van der Waals surface area contributed by atoms with Gasteiger partial charge in [-0.2, -0.15) is 0 Å².